The summed E-state index contributed by atoms with van der Waals surface area (Å²) in [7, 11) is -2.05. The molecule has 6 heterocycles. The van der Waals surface area contributed by atoms with Crippen molar-refractivity contribution < 1.29 is 42.1 Å². The third-order valence-corrected chi connectivity index (χ3v) is 11.4. The number of benzene rings is 2. The Morgan fingerprint density at radius 3 is 1.78 bits per heavy atom. The first-order chi connectivity index (χ1) is 31.1. The Balaban J connectivity index is 0.974. The van der Waals surface area contributed by atoms with Gasteiger partial charge in [-0.2, -0.15) is 0 Å². The van der Waals surface area contributed by atoms with Crippen LogP contribution < -0.4 is 10.6 Å². The highest BCUT2D eigenvalue weighted by molar-refractivity contribution is 7.41. The average molecular weight is 894 g/mol. The molecule has 334 valence electrons. The number of hydrogen-bond donors (Lipinski definition) is 2. The number of nitrogens with one attached hydrogen (secondary N) is 2. The van der Waals surface area contributed by atoms with Crippen molar-refractivity contribution in [3.63, 3.8) is 0 Å². The van der Waals surface area contributed by atoms with E-state index in [0.717, 1.165) is 0 Å². The summed E-state index contributed by atoms with van der Waals surface area (Å²) in [5.74, 6) is -0.123. The van der Waals surface area contributed by atoms with Gasteiger partial charge in [0, 0.05) is 24.0 Å². The van der Waals surface area contributed by atoms with Gasteiger partial charge in [0.05, 0.1) is 50.3 Å². The zero-order valence-corrected chi connectivity index (χ0v) is 36.5. The molecule has 0 radical (unpaired) electrons. The van der Waals surface area contributed by atoms with Crippen LogP contribution in [0.1, 0.15) is 73.7 Å². The molecule has 6 aromatic rings. The van der Waals surface area contributed by atoms with Crippen molar-refractivity contribution in [2.24, 2.45) is 0 Å². The number of carbonyl (C=O) groups is 2. The largest absolute Gasteiger partial charge is 0.376 e. The fraction of sp³-hybridized carbons (Fsp3) is 0.419. The summed E-state index contributed by atoms with van der Waals surface area (Å²) in [6.07, 6.45) is 3.27. The number of hydrogen-bond acceptors (Lipinski definition) is 15. The van der Waals surface area contributed by atoms with Crippen LogP contribution in [0.2, 0.25) is 0 Å². The van der Waals surface area contributed by atoms with Crippen molar-refractivity contribution >= 4 is 54.4 Å². The van der Waals surface area contributed by atoms with E-state index >= 15 is 0 Å². The molecular formula is C43H48N11O9P. The minimum absolute atomic E-state index is 0.0301. The maximum atomic E-state index is 13.0. The predicted octanol–water partition coefficient (Wildman–Crippen LogP) is 6.53. The standard InChI is InChI=1S/C43H48N11O9P/c1-26(2)57-20-32-31(19-35(61-32)54-25-50-37-39(46-23-48-41(37)54)52-43(56)29-14-10-7-11-15-29)63-64(58-17-16-44-5)59-21-33-30(60-27(3)4)18-34(62-33)53-24-49-36-38(45-22-47-40(36)53)51-42(55)28-12-8-6-9-13-28/h6-15,22-27,30-35H,16-21H2,1-4H3,(H,45,47,51,55)(H,46,48,52,56)/t30-,31-,32?,33?,34?,35?,64?/m1/s1. The van der Waals surface area contributed by atoms with Crippen molar-refractivity contribution in [1.29, 1.82) is 0 Å². The van der Waals surface area contributed by atoms with Gasteiger partial charge < -0.3 is 48.0 Å². The van der Waals surface area contributed by atoms with E-state index in [1.807, 2.05) is 39.8 Å². The highest BCUT2D eigenvalue weighted by Crippen LogP contribution is 2.47. The molecule has 2 aliphatic heterocycles. The first kappa shape index (κ1) is 44.7. The molecule has 21 heteroatoms. The van der Waals surface area contributed by atoms with E-state index in [-0.39, 0.29) is 62.0 Å². The van der Waals surface area contributed by atoms with Crippen LogP contribution >= 0.6 is 8.60 Å². The van der Waals surface area contributed by atoms with Gasteiger partial charge in [-0.3, -0.25) is 18.7 Å². The van der Waals surface area contributed by atoms with Gasteiger partial charge in [0.2, 0.25) is 6.54 Å². The maximum Gasteiger partial charge on any atom is 0.333 e. The molecule has 20 nitrogen and oxygen atoms in total. The van der Waals surface area contributed by atoms with Crippen molar-refractivity contribution in [3.05, 3.63) is 109 Å². The molecule has 2 amide bonds. The summed E-state index contributed by atoms with van der Waals surface area (Å²) >= 11 is 0. The lowest BCUT2D eigenvalue weighted by Crippen LogP contribution is -2.32. The van der Waals surface area contributed by atoms with Gasteiger partial charge in [-0.15, -0.1) is 0 Å². The Labute approximate surface area is 369 Å². The zero-order valence-electron chi connectivity index (χ0n) is 35.6. The Morgan fingerprint density at radius 1 is 0.734 bits per heavy atom. The maximum absolute atomic E-state index is 13.0. The quantitative estimate of drug-likeness (QED) is 0.0503. The van der Waals surface area contributed by atoms with E-state index in [1.165, 1.54) is 12.7 Å². The van der Waals surface area contributed by atoms with Crippen LogP contribution in [-0.4, -0.2) is 114 Å². The van der Waals surface area contributed by atoms with Gasteiger partial charge in [0.1, 0.15) is 43.9 Å². The van der Waals surface area contributed by atoms with Crippen LogP contribution in [0.3, 0.4) is 0 Å². The molecule has 64 heavy (non-hydrogen) atoms. The number of anilines is 2. The lowest BCUT2D eigenvalue weighted by Gasteiger charge is -2.26. The molecule has 0 aliphatic carbocycles. The second-order valence-electron chi connectivity index (χ2n) is 15.4. The number of aromatic nitrogens is 8. The molecule has 2 N–H and O–H groups in total. The molecule has 2 saturated heterocycles. The normalized spacial score (nSPS) is 21.5. The lowest BCUT2D eigenvalue weighted by atomic mass is 10.2. The van der Waals surface area contributed by atoms with E-state index in [9.17, 15) is 9.59 Å². The van der Waals surface area contributed by atoms with Gasteiger partial charge >= 0.3 is 8.60 Å². The van der Waals surface area contributed by atoms with E-state index in [1.54, 1.807) is 70.3 Å². The number of amides is 2. The van der Waals surface area contributed by atoms with E-state index in [0.29, 0.717) is 46.3 Å². The van der Waals surface area contributed by atoms with Crippen LogP contribution in [0.5, 0.6) is 0 Å². The molecule has 5 unspecified atom stereocenters. The summed E-state index contributed by atoms with van der Waals surface area (Å²) in [5.41, 5.74) is 2.67. The van der Waals surface area contributed by atoms with E-state index in [2.05, 4.69) is 45.4 Å². The van der Waals surface area contributed by atoms with Gasteiger partial charge in [-0.05, 0) is 52.0 Å². The molecule has 8 rings (SSSR count). The van der Waals surface area contributed by atoms with Crippen molar-refractivity contribution in [1.82, 2.24) is 39.0 Å². The summed E-state index contributed by atoms with van der Waals surface area (Å²) in [4.78, 5) is 56.1. The highest BCUT2D eigenvalue weighted by Gasteiger charge is 2.43. The van der Waals surface area contributed by atoms with E-state index in [4.69, 9.17) is 39.1 Å². The molecule has 2 fully saturated rings. The molecule has 4 aromatic heterocycles. The molecule has 0 saturated carbocycles. The number of carbonyl (C=O) groups excluding carboxylic acids is 2. The summed E-state index contributed by atoms with van der Waals surface area (Å²) in [6.45, 7) is 15.5. The first-order valence-electron chi connectivity index (χ1n) is 20.9. The molecule has 2 aromatic carbocycles. The van der Waals surface area contributed by atoms with Crippen LogP contribution in [0, 0.1) is 6.57 Å². The number of ether oxygens (including phenoxy) is 4. The minimum atomic E-state index is -2.05. The first-order valence-corrected chi connectivity index (χ1v) is 22.0. The van der Waals surface area contributed by atoms with Gasteiger partial charge in [-0.25, -0.2) is 36.5 Å². The smallest absolute Gasteiger partial charge is 0.333 e. The SMILES string of the molecule is [C-]#[N+]CCOP(OCC1OC(n2cnc3c(NC(=O)c4ccccc4)ncnc32)C[C@H]1OC(C)C)O[C@@H]1CC(n2cnc3c(NC(=O)c4ccccc4)ncnc32)OC1COC(C)C. The Kier molecular flexibility index (Phi) is 14.5. The third kappa shape index (κ3) is 10.6. The second kappa shape index (κ2) is 20.7. The zero-order chi connectivity index (χ0) is 44.6. The third-order valence-electron chi connectivity index (χ3n) is 10.2. The Hall–Kier alpha value is -5.88. The Bertz CT molecular complexity index is 2560. The Morgan fingerprint density at radius 2 is 1.27 bits per heavy atom. The fourth-order valence-corrected chi connectivity index (χ4v) is 8.42. The number of nitrogens with zero attached hydrogens (tertiary/aromatic N) is 9. The molecular weight excluding hydrogens is 846 g/mol. The molecule has 2 aliphatic rings. The van der Waals surface area contributed by atoms with Gasteiger partial charge in [-0.1, -0.05) is 36.4 Å². The number of imidazole rings is 2. The van der Waals surface area contributed by atoms with Crippen LogP contribution in [0.4, 0.5) is 11.6 Å². The topological polar surface area (TPSA) is 214 Å². The van der Waals surface area contributed by atoms with Crippen molar-refractivity contribution in [2.75, 3.05) is 37.0 Å². The van der Waals surface area contributed by atoms with Crippen molar-refractivity contribution in [2.45, 2.75) is 89.6 Å². The second-order valence-corrected chi connectivity index (χ2v) is 16.6. The van der Waals surface area contributed by atoms with Crippen LogP contribution in [-0.2, 0) is 32.5 Å². The summed E-state index contributed by atoms with van der Waals surface area (Å²) in [5, 5.41) is 5.69. The number of rotatable bonds is 19. The molecule has 7 atom stereocenters. The van der Waals surface area contributed by atoms with Crippen LogP contribution in [0.15, 0.2) is 86.0 Å². The monoisotopic (exact) mass is 893 g/mol. The highest BCUT2D eigenvalue weighted by atomic mass is 31.2. The summed E-state index contributed by atoms with van der Waals surface area (Å²) < 4.78 is 48.2. The predicted molar refractivity (Wildman–Crippen MR) is 233 cm³/mol. The molecule has 0 spiro atoms. The average Bonchev–Trinajstić information content (AvgIpc) is 4.11. The van der Waals surface area contributed by atoms with E-state index < -0.39 is 45.5 Å². The van der Waals surface area contributed by atoms with Crippen LogP contribution in [0.25, 0.3) is 27.2 Å². The minimum Gasteiger partial charge on any atom is -0.376 e. The van der Waals surface area contributed by atoms with Gasteiger partial charge in [0.25, 0.3) is 11.8 Å². The molecule has 0 bridgehead atoms. The van der Waals surface area contributed by atoms with Gasteiger partial charge in [0.15, 0.2) is 34.0 Å². The summed E-state index contributed by atoms with van der Waals surface area (Å²) in [6, 6.07) is 17.7. The lowest BCUT2D eigenvalue weighted by molar-refractivity contribution is -0.0795. The number of fused-ring (bicyclic) bond motifs is 2. The fourth-order valence-electron chi connectivity index (χ4n) is 7.28. The van der Waals surface area contributed by atoms with Crippen molar-refractivity contribution in [3.8, 4) is 0 Å².